The molecule has 4 nitrogen and oxygen atoms in total. The number of hydrogen-bond acceptors (Lipinski definition) is 3. The van der Waals surface area contributed by atoms with Gasteiger partial charge in [0.1, 0.15) is 0 Å². The van der Waals surface area contributed by atoms with Crippen LogP contribution < -0.4 is 5.32 Å². The molecule has 0 aliphatic carbocycles. The third-order valence-electron chi connectivity index (χ3n) is 2.75. The lowest BCUT2D eigenvalue weighted by molar-refractivity contribution is -0.129. The van der Waals surface area contributed by atoms with E-state index in [0.717, 1.165) is 26.2 Å². The van der Waals surface area contributed by atoms with E-state index < -0.39 is 0 Å². The lowest BCUT2D eigenvalue weighted by Gasteiger charge is -2.20. The zero-order chi connectivity index (χ0) is 12.1. The van der Waals surface area contributed by atoms with Gasteiger partial charge in [0, 0.05) is 19.8 Å². The summed E-state index contributed by atoms with van der Waals surface area (Å²) in [7, 11) is 0. The monoisotopic (exact) mass is 228 g/mol. The zero-order valence-corrected chi connectivity index (χ0v) is 10.8. The maximum absolute atomic E-state index is 11.7. The maximum Gasteiger partial charge on any atom is 0.240 e. The Hall–Kier alpha value is -0.610. The fourth-order valence-corrected chi connectivity index (χ4v) is 1.92. The molecule has 0 bridgehead atoms. The molecule has 0 aromatic heterocycles. The molecule has 0 aromatic carbocycles. The van der Waals surface area contributed by atoms with Crippen molar-refractivity contribution in [3.05, 3.63) is 0 Å². The number of amides is 1. The first-order chi connectivity index (χ1) is 7.52. The van der Waals surface area contributed by atoms with Crippen molar-refractivity contribution in [1.82, 2.24) is 10.2 Å². The van der Waals surface area contributed by atoms with E-state index >= 15 is 0 Å². The molecule has 4 heteroatoms. The van der Waals surface area contributed by atoms with Gasteiger partial charge in [-0.2, -0.15) is 0 Å². The molecule has 1 heterocycles. The second-order valence-corrected chi connectivity index (χ2v) is 4.92. The first kappa shape index (κ1) is 13.5. The predicted molar refractivity (Wildman–Crippen MR) is 64.0 cm³/mol. The lowest BCUT2D eigenvalue weighted by atomic mass is 10.2. The minimum Gasteiger partial charge on any atom is -0.381 e. The number of rotatable bonds is 6. The Morgan fingerprint density at radius 1 is 1.44 bits per heavy atom. The number of nitrogens with zero attached hydrogens (tertiary/aromatic N) is 1. The molecule has 0 aromatic rings. The van der Waals surface area contributed by atoms with Gasteiger partial charge in [-0.3, -0.25) is 10.1 Å². The minimum atomic E-state index is -0.0356. The third kappa shape index (κ3) is 3.76. The Labute approximate surface area is 98.3 Å². The summed E-state index contributed by atoms with van der Waals surface area (Å²) < 4.78 is 5.49. The van der Waals surface area contributed by atoms with E-state index in [2.05, 4.69) is 19.2 Å². The van der Waals surface area contributed by atoms with Gasteiger partial charge < -0.3 is 9.64 Å². The van der Waals surface area contributed by atoms with Gasteiger partial charge in [-0.25, -0.2) is 0 Å². The maximum atomic E-state index is 11.7. The summed E-state index contributed by atoms with van der Waals surface area (Å²) in [4.78, 5) is 13.6. The summed E-state index contributed by atoms with van der Waals surface area (Å²) in [6, 6.07) is -0.0356. The van der Waals surface area contributed by atoms with Crippen LogP contribution in [0.4, 0.5) is 0 Å². The smallest absolute Gasteiger partial charge is 0.240 e. The summed E-state index contributed by atoms with van der Waals surface area (Å²) in [6.07, 6.45) is 1.07. The summed E-state index contributed by atoms with van der Waals surface area (Å²) in [6.45, 7) is 10.5. The molecular formula is C12H24N2O2. The minimum absolute atomic E-state index is 0.0356. The number of carbonyl (C=O) groups excluding carboxylic acids is 1. The first-order valence-electron chi connectivity index (χ1n) is 6.16. The molecule has 1 rings (SSSR count). The third-order valence-corrected chi connectivity index (χ3v) is 2.75. The van der Waals surface area contributed by atoms with Crippen LogP contribution in [-0.2, 0) is 9.53 Å². The van der Waals surface area contributed by atoms with Crippen LogP contribution >= 0.6 is 0 Å². The Balaban J connectivity index is 2.15. The van der Waals surface area contributed by atoms with Gasteiger partial charge >= 0.3 is 0 Å². The molecule has 2 atom stereocenters. The van der Waals surface area contributed by atoms with Gasteiger partial charge in [0.25, 0.3) is 0 Å². The van der Waals surface area contributed by atoms with Crippen molar-refractivity contribution in [1.29, 1.82) is 0 Å². The van der Waals surface area contributed by atoms with Gasteiger partial charge in [-0.1, -0.05) is 13.8 Å². The van der Waals surface area contributed by atoms with Crippen LogP contribution in [0, 0.1) is 5.92 Å². The van der Waals surface area contributed by atoms with Gasteiger partial charge in [0.05, 0.1) is 12.2 Å². The van der Waals surface area contributed by atoms with Crippen LogP contribution in [0.15, 0.2) is 0 Å². The second-order valence-electron chi connectivity index (χ2n) is 4.92. The molecule has 0 spiro atoms. The van der Waals surface area contributed by atoms with Crippen LogP contribution in [0.25, 0.3) is 0 Å². The van der Waals surface area contributed by atoms with E-state index in [1.165, 1.54) is 0 Å². The van der Waals surface area contributed by atoms with E-state index in [-0.39, 0.29) is 18.1 Å². The predicted octanol–water partition coefficient (Wildman–Crippen LogP) is 1.22. The average molecular weight is 228 g/mol. The van der Waals surface area contributed by atoms with Crippen molar-refractivity contribution in [2.24, 2.45) is 5.92 Å². The number of nitrogens with one attached hydrogen (secondary N) is 1. The van der Waals surface area contributed by atoms with Crippen molar-refractivity contribution >= 4 is 5.91 Å². The highest BCUT2D eigenvalue weighted by atomic mass is 16.5. The largest absolute Gasteiger partial charge is 0.381 e. The SMILES string of the molecule is CC(C)COCCCN1C(=O)C(C)NC1C. The van der Waals surface area contributed by atoms with E-state index in [1.807, 2.05) is 18.7 Å². The van der Waals surface area contributed by atoms with Crippen molar-refractivity contribution in [2.45, 2.75) is 46.3 Å². The van der Waals surface area contributed by atoms with Crippen molar-refractivity contribution in [3.63, 3.8) is 0 Å². The second kappa shape index (κ2) is 6.21. The molecule has 1 saturated heterocycles. The molecule has 16 heavy (non-hydrogen) atoms. The lowest BCUT2D eigenvalue weighted by Crippen LogP contribution is -2.35. The first-order valence-corrected chi connectivity index (χ1v) is 6.16. The Morgan fingerprint density at radius 2 is 2.12 bits per heavy atom. The molecule has 1 N–H and O–H groups in total. The van der Waals surface area contributed by atoms with E-state index in [1.54, 1.807) is 0 Å². The van der Waals surface area contributed by atoms with Gasteiger partial charge in [0.2, 0.25) is 5.91 Å². The summed E-state index contributed by atoms with van der Waals surface area (Å²) >= 11 is 0. The van der Waals surface area contributed by atoms with Crippen LogP contribution in [0.3, 0.4) is 0 Å². The van der Waals surface area contributed by atoms with E-state index in [9.17, 15) is 4.79 Å². The van der Waals surface area contributed by atoms with E-state index in [4.69, 9.17) is 4.74 Å². The van der Waals surface area contributed by atoms with Crippen LogP contribution in [0.1, 0.15) is 34.1 Å². The number of hydrogen-bond donors (Lipinski definition) is 1. The Bertz CT molecular complexity index is 231. The normalized spacial score (nSPS) is 25.8. The quantitative estimate of drug-likeness (QED) is 0.695. The van der Waals surface area contributed by atoms with Crippen LogP contribution in [0.2, 0.25) is 0 Å². The zero-order valence-electron chi connectivity index (χ0n) is 10.8. The van der Waals surface area contributed by atoms with Gasteiger partial charge in [0.15, 0.2) is 0 Å². The molecular weight excluding hydrogens is 204 g/mol. The highest BCUT2D eigenvalue weighted by Crippen LogP contribution is 2.10. The number of ether oxygens (including phenoxy) is 1. The van der Waals surface area contributed by atoms with Gasteiger partial charge in [-0.05, 0) is 26.2 Å². The Kier molecular flexibility index (Phi) is 5.22. The van der Waals surface area contributed by atoms with Gasteiger partial charge in [-0.15, -0.1) is 0 Å². The van der Waals surface area contributed by atoms with Crippen LogP contribution in [0.5, 0.6) is 0 Å². The molecule has 2 unspecified atom stereocenters. The Morgan fingerprint density at radius 3 is 2.62 bits per heavy atom. The van der Waals surface area contributed by atoms with Crippen molar-refractivity contribution < 1.29 is 9.53 Å². The fraction of sp³-hybridized carbons (Fsp3) is 0.917. The summed E-state index contributed by atoms with van der Waals surface area (Å²) in [5, 5.41) is 3.21. The molecule has 1 fully saturated rings. The number of carbonyl (C=O) groups is 1. The molecule has 1 aliphatic rings. The van der Waals surface area contributed by atoms with Crippen LogP contribution in [-0.4, -0.2) is 42.8 Å². The van der Waals surface area contributed by atoms with Crippen molar-refractivity contribution in [3.8, 4) is 0 Å². The highest BCUT2D eigenvalue weighted by molar-refractivity contribution is 5.83. The summed E-state index contributed by atoms with van der Waals surface area (Å²) in [5.74, 6) is 0.783. The molecule has 1 amide bonds. The van der Waals surface area contributed by atoms with Crippen molar-refractivity contribution in [2.75, 3.05) is 19.8 Å². The average Bonchev–Trinajstić information content (AvgIpc) is 2.43. The molecule has 0 radical (unpaired) electrons. The molecule has 1 aliphatic heterocycles. The fourth-order valence-electron chi connectivity index (χ4n) is 1.92. The molecule has 94 valence electrons. The highest BCUT2D eigenvalue weighted by Gasteiger charge is 2.32. The topological polar surface area (TPSA) is 41.6 Å². The standard InChI is InChI=1S/C12H24N2O2/c1-9(2)8-16-7-5-6-14-11(4)13-10(3)12(14)15/h9-11,13H,5-8H2,1-4H3. The summed E-state index contributed by atoms with van der Waals surface area (Å²) in [5.41, 5.74) is 0. The molecule has 0 saturated carbocycles. The van der Waals surface area contributed by atoms with E-state index in [0.29, 0.717) is 5.92 Å².